The molecule has 0 atom stereocenters. The minimum Gasteiger partial charge on any atom is -0.320 e. The number of benzene rings is 1. The quantitative estimate of drug-likeness (QED) is 0.640. The highest BCUT2D eigenvalue weighted by molar-refractivity contribution is 7.16. The summed E-state index contributed by atoms with van der Waals surface area (Å²) in [4.78, 5) is 30.6. The van der Waals surface area contributed by atoms with Crippen molar-refractivity contribution in [2.24, 2.45) is 5.73 Å². The largest absolute Gasteiger partial charge is 0.320 e. The first-order valence-corrected chi connectivity index (χ1v) is 7.07. The summed E-state index contributed by atoms with van der Waals surface area (Å²) in [6.07, 6.45) is 1.54. The number of rotatable bonds is 1. The fourth-order valence-corrected chi connectivity index (χ4v) is 2.88. The Kier molecular flexibility index (Phi) is 3.29. The molecule has 6 heteroatoms. The minimum absolute atomic E-state index is 0.250. The zero-order valence-electron chi connectivity index (χ0n) is 11.2. The van der Waals surface area contributed by atoms with E-state index < -0.39 is 0 Å². The van der Waals surface area contributed by atoms with Gasteiger partial charge in [-0.25, -0.2) is 9.88 Å². The van der Waals surface area contributed by atoms with E-state index in [4.69, 9.17) is 5.73 Å². The van der Waals surface area contributed by atoms with Gasteiger partial charge in [0.25, 0.3) is 11.8 Å². The Hall–Kier alpha value is -2.49. The number of fused-ring (bicyclic) bond motifs is 1. The molecule has 104 valence electrons. The van der Waals surface area contributed by atoms with Crippen LogP contribution in [0.4, 0.5) is 5.13 Å². The van der Waals surface area contributed by atoms with Gasteiger partial charge >= 0.3 is 0 Å². The molecule has 0 aliphatic carbocycles. The van der Waals surface area contributed by atoms with E-state index >= 15 is 0 Å². The normalized spacial score (nSPS) is 13.1. The molecular formula is C15H11N3O2S. The van der Waals surface area contributed by atoms with Crippen molar-refractivity contribution in [2.75, 3.05) is 11.4 Å². The van der Waals surface area contributed by atoms with Crippen LogP contribution < -0.4 is 10.6 Å². The second-order valence-electron chi connectivity index (χ2n) is 4.51. The number of nitrogens with two attached hydrogens (primary N) is 1. The second-order valence-corrected chi connectivity index (χ2v) is 5.52. The average Bonchev–Trinajstić information content (AvgIpc) is 3.01. The number of carbonyl (C=O) groups excluding carboxylic acids is 2. The molecule has 0 radical (unpaired) electrons. The van der Waals surface area contributed by atoms with Crippen LogP contribution in [0, 0.1) is 18.8 Å². The lowest BCUT2D eigenvalue weighted by Crippen LogP contribution is -2.29. The van der Waals surface area contributed by atoms with Crippen molar-refractivity contribution in [3.05, 3.63) is 46.0 Å². The van der Waals surface area contributed by atoms with Crippen LogP contribution in [0.1, 0.15) is 31.2 Å². The molecule has 0 spiro atoms. The van der Waals surface area contributed by atoms with Gasteiger partial charge in [-0.3, -0.25) is 9.59 Å². The molecule has 0 saturated carbocycles. The van der Waals surface area contributed by atoms with Gasteiger partial charge in [0.1, 0.15) is 0 Å². The van der Waals surface area contributed by atoms with Gasteiger partial charge in [0, 0.05) is 0 Å². The van der Waals surface area contributed by atoms with Gasteiger partial charge in [-0.15, -0.1) is 0 Å². The van der Waals surface area contributed by atoms with Crippen molar-refractivity contribution in [1.29, 1.82) is 0 Å². The van der Waals surface area contributed by atoms with Gasteiger partial charge < -0.3 is 5.73 Å². The molecule has 5 nitrogen and oxygen atoms in total. The highest BCUT2D eigenvalue weighted by Gasteiger charge is 2.38. The fourth-order valence-electron chi connectivity index (χ4n) is 2.09. The SMILES string of the molecule is Cc1ccc2c(c1)C(=O)N(c1ncc(C#CCN)s1)C2=O. The first kappa shape index (κ1) is 13.5. The number of amides is 2. The summed E-state index contributed by atoms with van der Waals surface area (Å²) in [5.74, 6) is 4.87. The van der Waals surface area contributed by atoms with Gasteiger partial charge in [-0.2, -0.15) is 0 Å². The highest BCUT2D eigenvalue weighted by atomic mass is 32.1. The average molecular weight is 297 g/mol. The van der Waals surface area contributed by atoms with Crippen LogP contribution in [0.15, 0.2) is 24.4 Å². The van der Waals surface area contributed by atoms with Gasteiger partial charge in [-0.1, -0.05) is 34.8 Å². The number of hydrogen-bond acceptors (Lipinski definition) is 5. The standard InChI is InChI=1S/C15H11N3O2S/c1-9-4-5-11-12(7-9)14(20)18(13(11)19)15-17-8-10(21-15)3-2-6-16/h4-5,7-8H,6,16H2,1H3. The highest BCUT2D eigenvalue weighted by Crippen LogP contribution is 2.31. The Morgan fingerprint density at radius 3 is 2.81 bits per heavy atom. The summed E-state index contributed by atoms with van der Waals surface area (Å²) in [7, 11) is 0. The molecule has 2 N–H and O–H groups in total. The molecule has 2 heterocycles. The van der Waals surface area contributed by atoms with Crippen LogP contribution in [0.2, 0.25) is 0 Å². The molecule has 0 unspecified atom stereocenters. The summed E-state index contributed by atoms with van der Waals surface area (Å²) in [5, 5.41) is 0.333. The third kappa shape index (κ3) is 2.23. The molecule has 2 aromatic rings. The van der Waals surface area contributed by atoms with Crippen LogP contribution in [0.3, 0.4) is 0 Å². The zero-order chi connectivity index (χ0) is 15.0. The lowest BCUT2D eigenvalue weighted by molar-refractivity contribution is 0.0926. The fraction of sp³-hybridized carbons (Fsp3) is 0.133. The van der Waals surface area contributed by atoms with Gasteiger partial charge in [0.2, 0.25) is 5.13 Å². The number of nitrogens with zero attached hydrogens (tertiary/aromatic N) is 2. The molecule has 1 aliphatic rings. The third-order valence-corrected chi connectivity index (χ3v) is 3.94. The van der Waals surface area contributed by atoms with E-state index in [1.807, 2.05) is 13.0 Å². The molecule has 0 bridgehead atoms. The number of aryl methyl sites for hydroxylation is 1. The van der Waals surface area contributed by atoms with Crippen LogP contribution in [0.25, 0.3) is 0 Å². The number of aromatic nitrogens is 1. The molecular weight excluding hydrogens is 286 g/mol. The predicted octanol–water partition coefficient (Wildman–Crippen LogP) is 1.56. The smallest absolute Gasteiger partial charge is 0.268 e. The van der Waals surface area contributed by atoms with E-state index in [1.165, 1.54) is 17.5 Å². The minimum atomic E-state index is -0.345. The number of imide groups is 1. The first-order valence-electron chi connectivity index (χ1n) is 6.26. The summed E-state index contributed by atoms with van der Waals surface area (Å²) in [5.41, 5.74) is 7.08. The second kappa shape index (κ2) is 5.13. The zero-order valence-corrected chi connectivity index (χ0v) is 12.0. The van der Waals surface area contributed by atoms with E-state index in [9.17, 15) is 9.59 Å². The van der Waals surface area contributed by atoms with Crippen LogP contribution in [-0.4, -0.2) is 23.3 Å². The van der Waals surface area contributed by atoms with Gasteiger partial charge in [-0.05, 0) is 19.1 Å². The van der Waals surface area contributed by atoms with Gasteiger partial charge in [0.15, 0.2) is 0 Å². The van der Waals surface area contributed by atoms with E-state index in [0.717, 1.165) is 10.5 Å². The van der Waals surface area contributed by atoms with Crippen molar-refractivity contribution in [1.82, 2.24) is 4.98 Å². The van der Waals surface area contributed by atoms with E-state index in [1.54, 1.807) is 12.1 Å². The first-order chi connectivity index (χ1) is 10.1. The summed E-state index contributed by atoms with van der Waals surface area (Å²) < 4.78 is 0. The van der Waals surface area contributed by atoms with Gasteiger partial charge in [0.05, 0.1) is 28.7 Å². The van der Waals surface area contributed by atoms with Crippen LogP contribution in [-0.2, 0) is 0 Å². The van der Waals surface area contributed by atoms with Crippen molar-refractivity contribution in [3.8, 4) is 11.8 Å². The Morgan fingerprint density at radius 1 is 1.29 bits per heavy atom. The molecule has 21 heavy (non-hydrogen) atoms. The van der Waals surface area contributed by atoms with Crippen LogP contribution in [0.5, 0.6) is 0 Å². The maximum atomic E-state index is 12.4. The Labute approximate surface area is 125 Å². The number of carbonyl (C=O) groups is 2. The molecule has 0 fully saturated rings. The summed E-state index contributed by atoms with van der Waals surface area (Å²) in [6, 6.07) is 5.21. The maximum absolute atomic E-state index is 12.4. The molecule has 2 amide bonds. The van der Waals surface area contributed by atoms with Crippen molar-refractivity contribution < 1.29 is 9.59 Å². The van der Waals surface area contributed by atoms with Crippen molar-refractivity contribution in [2.45, 2.75) is 6.92 Å². The van der Waals surface area contributed by atoms with E-state index in [-0.39, 0.29) is 18.4 Å². The summed E-state index contributed by atoms with van der Waals surface area (Å²) in [6.45, 7) is 2.13. The molecule has 0 saturated heterocycles. The van der Waals surface area contributed by atoms with E-state index in [0.29, 0.717) is 21.1 Å². The summed E-state index contributed by atoms with van der Waals surface area (Å²) >= 11 is 1.20. The predicted molar refractivity (Wildman–Crippen MR) is 80.4 cm³/mol. The Morgan fingerprint density at radius 2 is 2.05 bits per heavy atom. The molecule has 1 aromatic carbocycles. The molecule has 1 aromatic heterocycles. The number of anilines is 1. The monoisotopic (exact) mass is 297 g/mol. The number of hydrogen-bond donors (Lipinski definition) is 1. The Balaban J connectivity index is 2.00. The van der Waals surface area contributed by atoms with Crippen LogP contribution >= 0.6 is 11.3 Å². The lowest BCUT2D eigenvalue weighted by Gasteiger charge is -2.08. The third-order valence-electron chi connectivity index (χ3n) is 3.04. The van der Waals surface area contributed by atoms with Crippen molar-refractivity contribution >= 4 is 28.3 Å². The van der Waals surface area contributed by atoms with Crippen molar-refractivity contribution in [3.63, 3.8) is 0 Å². The number of thiazole rings is 1. The van der Waals surface area contributed by atoms with E-state index in [2.05, 4.69) is 16.8 Å². The molecule has 1 aliphatic heterocycles. The lowest BCUT2D eigenvalue weighted by atomic mass is 10.1. The Bertz CT molecular complexity index is 814. The molecule has 3 rings (SSSR count). The maximum Gasteiger partial charge on any atom is 0.268 e. The topological polar surface area (TPSA) is 76.3 Å².